The minimum Gasteiger partial charge on any atom is -0.494 e. The normalized spacial score (nSPS) is 17.8. The van der Waals surface area contributed by atoms with E-state index in [1.165, 1.54) is 25.3 Å². The summed E-state index contributed by atoms with van der Waals surface area (Å²) < 4.78 is 59.1. The minimum atomic E-state index is -5.04. The molecule has 0 bridgehead atoms. The number of nitrogens with zero attached hydrogens (tertiary/aromatic N) is 3. The predicted molar refractivity (Wildman–Crippen MR) is 95.3 cm³/mol. The van der Waals surface area contributed by atoms with Crippen LogP contribution in [0, 0.1) is 5.82 Å². The molecule has 1 aliphatic heterocycles. The maximum Gasteiger partial charge on any atom is 0.426 e. The molecule has 6 nitrogen and oxygen atoms in total. The van der Waals surface area contributed by atoms with Crippen molar-refractivity contribution >= 4 is 5.91 Å². The second-order valence-electron chi connectivity index (χ2n) is 7.12. The highest BCUT2D eigenvalue weighted by Crippen LogP contribution is 2.35. The SMILES string of the molecule is COc1cc(F)ccc1-n1nccc1C1CCN(C(=O)[C@@](C)(O)C(F)(F)F)CC1. The minimum absolute atomic E-state index is 0.0709. The number of methoxy groups -OCH3 is 1. The summed E-state index contributed by atoms with van der Waals surface area (Å²) in [4.78, 5) is 13.2. The molecule has 3 rings (SSSR count). The summed E-state index contributed by atoms with van der Waals surface area (Å²) in [6.45, 7) is 0.611. The molecular weight excluding hydrogens is 394 g/mol. The van der Waals surface area contributed by atoms with Crippen LogP contribution in [0.5, 0.6) is 5.75 Å². The highest BCUT2D eigenvalue weighted by atomic mass is 19.4. The Morgan fingerprint density at radius 3 is 2.48 bits per heavy atom. The lowest BCUT2D eigenvalue weighted by Crippen LogP contribution is -2.57. The molecule has 0 saturated carbocycles. The largest absolute Gasteiger partial charge is 0.494 e. The van der Waals surface area contributed by atoms with Gasteiger partial charge in [0.05, 0.1) is 7.11 Å². The van der Waals surface area contributed by atoms with Crippen LogP contribution in [0.15, 0.2) is 30.5 Å². The van der Waals surface area contributed by atoms with Gasteiger partial charge in [-0.05, 0) is 38.0 Å². The average Bonchev–Trinajstić information content (AvgIpc) is 3.16. The van der Waals surface area contributed by atoms with Gasteiger partial charge in [0.1, 0.15) is 17.3 Å². The molecule has 10 heteroatoms. The van der Waals surface area contributed by atoms with Crippen LogP contribution in [0.2, 0.25) is 0 Å². The molecule has 0 aliphatic carbocycles. The summed E-state index contributed by atoms with van der Waals surface area (Å²) in [5.41, 5.74) is -2.10. The van der Waals surface area contributed by atoms with Crippen molar-refractivity contribution in [2.24, 2.45) is 0 Å². The fraction of sp³-hybridized carbons (Fsp3) is 0.474. The van der Waals surface area contributed by atoms with Crippen LogP contribution in [0.1, 0.15) is 31.4 Å². The zero-order chi connectivity index (χ0) is 21.4. The number of hydrogen-bond acceptors (Lipinski definition) is 4. The van der Waals surface area contributed by atoms with Crippen LogP contribution in [0.4, 0.5) is 17.6 Å². The lowest BCUT2D eigenvalue weighted by molar-refractivity contribution is -0.250. The van der Waals surface area contributed by atoms with Gasteiger partial charge in [0.25, 0.3) is 5.91 Å². The fourth-order valence-corrected chi connectivity index (χ4v) is 3.46. The third-order valence-corrected chi connectivity index (χ3v) is 5.21. The van der Waals surface area contributed by atoms with Crippen LogP contribution in [-0.4, -0.2) is 57.7 Å². The third kappa shape index (κ3) is 3.93. The number of ether oxygens (including phenoxy) is 1. The highest BCUT2D eigenvalue weighted by molar-refractivity contribution is 5.85. The molecule has 1 aromatic heterocycles. The molecule has 1 saturated heterocycles. The van der Waals surface area contributed by atoms with E-state index in [9.17, 15) is 27.5 Å². The Morgan fingerprint density at radius 2 is 1.90 bits per heavy atom. The lowest BCUT2D eigenvalue weighted by atomic mass is 9.92. The second kappa shape index (κ2) is 7.66. The van der Waals surface area contributed by atoms with Crippen molar-refractivity contribution in [3.05, 3.63) is 42.0 Å². The maximum absolute atomic E-state index is 13.5. The third-order valence-electron chi connectivity index (χ3n) is 5.21. The van der Waals surface area contributed by atoms with E-state index < -0.39 is 23.5 Å². The van der Waals surface area contributed by atoms with Crippen molar-refractivity contribution in [2.45, 2.75) is 37.5 Å². The number of benzene rings is 1. The molecular formula is C19H21F4N3O3. The van der Waals surface area contributed by atoms with Gasteiger partial charge in [0, 0.05) is 37.0 Å². The molecule has 2 aromatic rings. The molecule has 0 radical (unpaired) electrons. The van der Waals surface area contributed by atoms with Crippen LogP contribution >= 0.6 is 0 Å². The van der Waals surface area contributed by atoms with E-state index in [-0.39, 0.29) is 19.0 Å². The van der Waals surface area contributed by atoms with Gasteiger partial charge in [-0.1, -0.05) is 0 Å². The molecule has 1 amide bonds. The average molecular weight is 415 g/mol. The number of rotatable bonds is 4. The number of likely N-dealkylation sites (tertiary alicyclic amines) is 1. The number of halogens is 4. The van der Waals surface area contributed by atoms with Gasteiger partial charge < -0.3 is 14.7 Å². The lowest BCUT2D eigenvalue weighted by Gasteiger charge is -2.36. The topological polar surface area (TPSA) is 67.6 Å². The van der Waals surface area contributed by atoms with Gasteiger partial charge in [0.15, 0.2) is 0 Å². The highest BCUT2D eigenvalue weighted by Gasteiger charge is 2.57. The fourth-order valence-electron chi connectivity index (χ4n) is 3.46. The molecule has 1 atom stereocenters. The first-order chi connectivity index (χ1) is 13.6. The molecule has 0 unspecified atom stereocenters. The van der Waals surface area contributed by atoms with Gasteiger partial charge in [-0.2, -0.15) is 18.3 Å². The second-order valence-corrected chi connectivity index (χ2v) is 7.12. The van der Waals surface area contributed by atoms with Crippen molar-refractivity contribution in [1.82, 2.24) is 14.7 Å². The number of aromatic nitrogens is 2. The number of alkyl halides is 3. The van der Waals surface area contributed by atoms with Crippen molar-refractivity contribution in [1.29, 1.82) is 0 Å². The molecule has 1 aromatic carbocycles. The van der Waals surface area contributed by atoms with Crippen molar-refractivity contribution in [3.63, 3.8) is 0 Å². The summed E-state index contributed by atoms with van der Waals surface area (Å²) in [5, 5.41) is 13.9. The van der Waals surface area contributed by atoms with Gasteiger partial charge in [-0.15, -0.1) is 0 Å². The summed E-state index contributed by atoms with van der Waals surface area (Å²) in [6, 6.07) is 5.83. The van der Waals surface area contributed by atoms with Gasteiger partial charge in [-0.3, -0.25) is 4.79 Å². The standard InChI is InChI=1S/C19H21F4N3O3/c1-18(28,19(21,22)23)17(27)25-9-6-12(7-10-25)14-5-8-24-26(14)15-4-3-13(20)11-16(15)29-2/h3-5,8,11-12,28H,6-7,9-10H2,1-2H3/t18-/m1/s1. The zero-order valence-electron chi connectivity index (χ0n) is 15.9. The number of piperidine rings is 1. The summed E-state index contributed by atoms with van der Waals surface area (Å²) in [6.07, 6.45) is -2.67. The Morgan fingerprint density at radius 1 is 1.24 bits per heavy atom. The number of carbonyl (C=O) groups excluding carboxylic acids is 1. The number of hydrogen-bond donors (Lipinski definition) is 1. The number of carbonyl (C=O) groups is 1. The number of amides is 1. The summed E-state index contributed by atoms with van der Waals surface area (Å²) >= 11 is 0. The van der Waals surface area contributed by atoms with Gasteiger partial charge in [0.2, 0.25) is 5.60 Å². The van der Waals surface area contributed by atoms with E-state index in [0.717, 1.165) is 10.6 Å². The van der Waals surface area contributed by atoms with Crippen LogP contribution in [0.25, 0.3) is 5.69 Å². The van der Waals surface area contributed by atoms with Gasteiger partial charge in [-0.25, -0.2) is 9.07 Å². The van der Waals surface area contributed by atoms with Gasteiger partial charge >= 0.3 is 6.18 Å². The monoisotopic (exact) mass is 415 g/mol. The Bertz CT molecular complexity index is 887. The van der Waals surface area contributed by atoms with E-state index in [1.807, 2.05) is 0 Å². The molecule has 2 heterocycles. The maximum atomic E-state index is 13.5. The van der Waals surface area contributed by atoms with Crippen LogP contribution < -0.4 is 4.74 Å². The predicted octanol–water partition coefficient (Wildman–Crippen LogP) is 3.04. The Balaban J connectivity index is 1.77. The van der Waals surface area contributed by atoms with E-state index in [0.29, 0.717) is 31.2 Å². The molecule has 29 heavy (non-hydrogen) atoms. The van der Waals surface area contributed by atoms with Crippen LogP contribution in [0.3, 0.4) is 0 Å². The molecule has 1 N–H and O–H groups in total. The molecule has 0 spiro atoms. The Kier molecular flexibility index (Phi) is 5.57. The number of aliphatic hydroxyl groups is 1. The Labute approximate surface area is 164 Å². The van der Waals surface area contributed by atoms with E-state index in [4.69, 9.17) is 4.74 Å². The summed E-state index contributed by atoms with van der Waals surface area (Å²) in [7, 11) is 1.41. The quantitative estimate of drug-likeness (QED) is 0.780. The first-order valence-electron chi connectivity index (χ1n) is 9.02. The summed E-state index contributed by atoms with van der Waals surface area (Å²) in [5.74, 6) is -1.59. The molecule has 1 fully saturated rings. The van der Waals surface area contributed by atoms with Crippen molar-refractivity contribution in [3.8, 4) is 11.4 Å². The molecule has 158 valence electrons. The van der Waals surface area contributed by atoms with E-state index >= 15 is 0 Å². The van der Waals surface area contributed by atoms with Crippen molar-refractivity contribution in [2.75, 3.05) is 20.2 Å². The first-order valence-corrected chi connectivity index (χ1v) is 9.02. The zero-order valence-corrected chi connectivity index (χ0v) is 15.9. The van der Waals surface area contributed by atoms with Crippen molar-refractivity contribution < 1.29 is 32.2 Å². The van der Waals surface area contributed by atoms with Crippen LogP contribution in [-0.2, 0) is 4.79 Å². The van der Waals surface area contributed by atoms with E-state index in [2.05, 4.69) is 5.10 Å². The smallest absolute Gasteiger partial charge is 0.426 e. The first kappa shape index (κ1) is 21.1. The van der Waals surface area contributed by atoms with E-state index in [1.54, 1.807) is 16.9 Å². The Hall–Kier alpha value is -2.62. The molecule has 1 aliphatic rings.